The van der Waals surface area contributed by atoms with E-state index in [4.69, 9.17) is 5.84 Å². The Morgan fingerprint density at radius 2 is 2.20 bits per heavy atom. The fourth-order valence-corrected chi connectivity index (χ4v) is 2.13. The molecule has 2 heterocycles. The van der Waals surface area contributed by atoms with E-state index in [0.29, 0.717) is 6.42 Å². The first-order valence-corrected chi connectivity index (χ1v) is 6.06. The number of halogens is 3. The van der Waals surface area contributed by atoms with Crippen molar-refractivity contribution in [1.29, 1.82) is 0 Å². The van der Waals surface area contributed by atoms with Crippen LogP contribution < -0.4 is 11.3 Å². The molecule has 1 saturated heterocycles. The average Bonchev–Trinajstić information content (AvgIpc) is 2.46. The molecule has 1 fully saturated rings. The Morgan fingerprint density at radius 3 is 2.85 bits per heavy atom. The first-order valence-electron chi connectivity index (χ1n) is 6.06. The number of likely N-dealkylation sites (tertiary alicyclic amines) is 1. The maximum atomic E-state index is 12.7. The van der Waals surface area contributed by atoms with Crippen LogP contribution in [0.25, 0.3) is 0 Å². The van der Waals surface area contributed by atoms with Gasteiger partial charge in [-0.3, -0.25) is 9.78 Å². The first kappa shape index (κ1) is 14.5. The predicted octanol–water partition coefficient (Wildman–Crippen LogP) is 1.18. The van der Waals surface area contributed by atoms with E-state index in [9.17, 15) is 18.0 Å². The van der Waals surface area contributed by atoms with Gasteiger partial charge in [0.2, 0.25) is 0 Å². The molecule has 1 atom stereocenters. The summed E-state index contributed by atoms with van der Waals surface area (Å²) in [6.07, 6.45) is -1.40. The molecule has 1 aromatic rings. The van der Waals surface area contributed by atoms with Crippen molar-refractivity contribution in [3.8, 4) is 0 Å². The van der Waals surface area contributed by atoms with E-state index in [1.54, 1.807) is 0 Å². The zero-order valence-corrected chi connectivity index (χ0v) is 10.5. The van der Waals surface area contributed by atoms with E-state index in [-0.39, 0.29) is 31.0 Å². The number of hydrogen-bond acceptors (Lipinski definition) is 5. The molecule has 20 heavy (non-hydrogen) atoms. The zero-order valence-electron chi connectivity index (χ0n) is 10.5. The minimum atomic E-state index is -4.29. The summed E-state index contributed by atoms with van der Waals surface area (Å²) in [5, 5.41) is 0. The molecule has 1 amide bonds. The van der Waals surface area contributed by atoms with E-state index < -0.39 is 18.0 Å². The number of nitrogen functional groups attached to an aromatic ring is 1. The van der Waals surface area contributed by atoms with Crippen LogP contribution in [0.3, 0.4) is 0 Å². The molecule has 0 spiro atoms. The monoisotopic (exact) mass is 289 g/mol. The van der Waals surface area contributed by atoms with Gasteiger partial charge in [0.15, 0.2) is 5.82 Å². The summed E-state index contributed by atoms with van der Waals surface area (Å²) in [6.45, 7) is -0.0579. The van der Waals surface area contributed by atoms with Crippen LogP contribution in [-0.4, -0.2) is 40.0 Å². The van der Waals surface area contributed by atoms with Crippen molar-refractivity contribution in [3.63, 3.8) is 0 Å². The number of aromatic nitrogens is 2. The molecule has 0 bridgehead atoms. The van der Waals surface area contributed by atoms with Gasteiger partial charge in [0, 0.05) is 13.1 Å². The van der Waals surface area contributed by atoms with Crippen molar-refractivity contribution in [2.24, 2.45) is 11.8 Å². The van der Waals surface area contributed by atoms with Gasteiger partial charge in [0.25, 0.3) is 5.91 Å². The van der Waals surface area contributed by atoms with Gasteiger partial charge in [-0.25, -0.2) is 10.8 Å². The molecule has 3 N–H and O–H groups in total. The van der Waals surface area contributed by atoms with E-state index in [1.165, 1.54) is 12.4 Å². The highest BCUT2D eigenvalue weighted by molar-refractivity contribution is 5.92. The maximum Gasteiger partial charge on any atom is 0.393 e. The van der Waals surface area contributed by atoms with Crippen LogP contribution >= 0.6 is 0 Å². The lowest BCUT2D eigenvalue weighted by Crippen LogP contribution is -2.44. The standard InChI is InChI=1S/C11H14F3N5O/c12-11(13,14)7-2-1-3-19(6-7)10(20)8-4-16-5-9(17-8)18-15/h4-5,7H,1-3,6,15H2,(H,17,18). The SMILES string of the molecule is NNc1cncc(C(=O)N2CCCC(C(F)(F)F)C2)n1. The highest BCUT2D eigenvalue weighted by Crippen LogP contribution is 2.33. The highest BCUT2D eigenvalue weighted by Gasteiger charge is 2.42. The third-order valence-electron chi connectivity index (χ3n) is 3.17. The van der Waals surface area contributed by atoms with Gasteiger partial charge in [-0.05, 0) is 12.8 Å². The topological polar surface area (TPSA) is 84.1 Å². The Hall–Kier alpha value is -1.90. The van der Waals surface area contributed by atoms with Gasteiger partial charge >= 0.3 is 6.18 Å². The number of nitrogens with one attached hydrogen (secondary N) is 1. The van der Waals surface area contributed by atoms with Crippen molar-refractivity contribution in [2.45, 2.75) is 19.0 Å². The van der Waals surface area contributed by atoms with Crippen molar-refractivity contribution in [3.05, 3.63) is 18.1 Å². The number of alkyl halides is 3. The number of hydrogen-bond donors (Lipinski definition) is 2. The van der Waals surface area contributed by atoms with E-state index in [1.807, 2.05) is 0 Å². The fourth-order valence-electron chi connectivity index (χ4n) is 2.13. The third-order valence-corrected chi connectivity index (χ3v) is 3.17. The number of piperidine rings is 1. The van der Waals surface area contributed by atoms with Crippen molar-refractivity contribution >= 4 is 11.7 Å². The third kappa shape index (κ3) is 3.16. The molecule has 6 nitrogen and oxygen atoms in total. The van der Waals surface area contributed by atoms with Crippen LogP contribution in [0.5, 0.6) is 0 Å². The quantitative estimate of drug-likeness (QED) is 0.631. The lowest BCUT2D eigenvalue weighted by molar-refractivity contribution is -0.184. The number of rotatable bonds is 2. The van der Waals surface area contributed by atoms with Crippen LogP contribution in [0.1, 0.15) is 23.3 Å². The predicted molar refractivity (Wildman–Crippen MR) is 64.5 cm³/mol. The van der Waals surface area contributed by atoms with Crippen LogP contribution in [-0.2, 0) is 0 Å². The number of carbonyl (C=O) groups excluding carboxylic acids is 1. The normalized spacial score (nSPS) is 19.8. The second-order valence-electron chi connectivity index (χ2n) is 4.57. The second-order valence-corrected chi connectivity index (χ2v) is 4.57. The summed E-state index contributed by atoms with van der Waals surface area (Å²) < 4.78 is 38.1. The summed E-state index contributed by atoms with van der Waals surface area (Å²) in [4.78, 5) is 20.9. The smallest absolute Gasteiger partial charge is 0.337 e. The Labute approximate surface area is 113 Å². The van der Waals surface area contributed by atoms with E-state index >= 15 is 0 Å². The number of carbonyl (C=O) groups is 1. The Morgan fingerprint density at radius 1 is 1.45 bits per heavy atom. The van der Waals surface area contributed by atoms with Gasteiger partial charge in [0.05, 0.1) is 18.3 Å². The van der Waals surface area contributed by atoms with Gasteiger partial charge < -0.3 is 10.3 Å². The summed E-state index contributed by atoms with van der Waals surface area (Å²) >= 11 is 0. The molecule has 2 rings (SSSR count). The van der Waals surface area contributed by atoms with Crippen LogP contribution in [0.4, 0.5) is 19.0 Å². The van der Waals surface area contributed by atoms with Crippen molar-refractivity contribution in [2.75, 3.05) is 18.5 Å². The molecule has 0 radical (unpaired) electrons. The van der Waals surface area contributed by atoms with E-state index in [2.05, 4.69) is 15.4 Å². The molecule has 0 saturated carbocycles. The molecular weight excluding hydrogens is 275 g/mol. The minimum Gasteiger partial charge on any atom is -0.337 e. The largest absolute Gasteiger partial charge is 0.393 e. The second kappa shape index (κ2) is 5.61. The van der Waals surface area contributed by atoms with Crippen LogP contribution in [0, 0.1) is 5.92 Å². The molecule has 1 aromatic heterocycles. The molecule has 1 aliphatic heterocycles. The Kier molecular flexibility index (Phi) is 4.07. The number of amides is 1. The first-order chi connectivity index (χ1) is 9.41. The number of anilines is 1. The van der Waals surface area contributed by atoms with E-state index in [0.717, 1.165) is 4.90 Å². The molecule has 0 aliphatic carbocycles. The van der Waals surface area contributed by atoms with Gasteiger partial charge in [-0.1, -0.05) is 0 Å². The summed E-state index contributed by atoms with van der Waals surface area (Å²) in [7, 11) is 0. The number of nitrogens with zero attached hydrogens (tertiary/aromatic N) is 3. The van der Waals surface area contributed by atoms with Gasteiger partial charge in [0.1, 0.15) is 5.69 Å². The number of nitrogens with two attached hydrogens (primary N) is 1. The molecule has 9 heteroatoms. The number of hydrazine groups is 1. The fraction of sp³-hybridized carbons (Fsp3) is 0.545. The lowest BCUT2D eigenvalue weighted by Gasteiger charge is -2.33. The van der Waals surface area contributed by atoms with Crippen molar-refractivity contribution in [1.82, 2.24) is 14.9 Å². The summed E-state index contributed by atoms with van der Waals surface area (Å²) in [5.74, 6) is 3.28. The molecule has 110 valence electrons. The Balaban J connectivity index is 2.12. The molecular formula is C11H14F3N5O. The molecule has 1 aliphatic rings. The van der Waals surface area contributed by atoms with Crippen LogP contribution in [0.15, 0.2) is 12.4 Å². The summed E-state index contributed by atoms with van der Waals surface area (Å²) in [5.41, 5.74) is 2.21. The Bertz CT molecular complexity index is 493. The maximum absolute atomic E-state index is 12.7. The molecule has 0 aromatic carbocycles. The molecule has 1 unspecified atom stereocenters. The summed E-state index contributed by atoms with van der Waals surface area (Å²) in [6, 6.07) is 0. The van der Waals surface area contributed by atoms with Gasteiger partial charge in [-0.15, -0.1) is 0 Å². The highest BCUT2D eigenvalue weighted by atomic mass is 19.4. The van der Waals surface area contributed by atoms with Crippen LogP contribution in [0.2, 0.25) is 0 Å². The minimum absolute atomic E-state index is 0.0247. The lowest BCUT2D eigenvalue weighted by atomic mass is 9.97. The van der Waals surface area contributed by atoms with Crippen molar-refractivity contribution < 1.29 is 18.0 Å². The van der Waals surface area contributed by atoms with Gasteiger partial charge in [-0.2, -0.15) is 13.2 Å². The zero-order chi connectivity index (χ0) is 14.8. The average molecular weight is 289 g/mol.